The summed E-state index contributed by atoms with van der Waals surface area (Å²) in [6, 6.07) is 0. The molecule has 0 heterocycles. The van der Waals surface area contributed by atoms with Gasteiger partial charge >= 0.3 is 5.97 Å². The van der Waals surface area contributed by atoms with Crippen molar-refractivity contribution in [2.75, 3.05) is 0 Å². The van der Waals surface area contributed by atoms with Crippen molar-refractivity contribution in [1.29, 1.82) is 0 Å². The molecule has 0 saturated carbocycles. The zero-order chi connectivity index (χ0) is 7.98. The number of carbonyl (C=O) groups is 1. The highest BCUT2D eigenvalue weighted by Gasteiger charge is 2.07. The molecule has 0 aliphatic carbocycles. The van der Waals surface area contributed by atoms with Gasteiger partial charge in [0, 0.05) is 5.57 Å². The quantitative estimate of drug-likeness (QED) is 0.373. The molecule has 3 nitrogen and oxygen atoms in total. The molecule has 0 fully saturated rings. The highest BCUT2D eigenvalue weighted by atomic mass is 17.1. The van der Waals surface area contributed by atoms with E-state index in [1.54, 1.807) is 13.0 Å². The van der Waals surface area contributed by atoms with Crippen LogP contribution in [0.25, 0.3) is 0 Å². The normalized spacial score (nSPS) is 11.3. The Morgan fingerprint density at radius 3 is 2.60 bits per heavy atom. The van der Waals surface area contributed by atoms with Crippen LogP contribution < -0.4 is 0 Å². The monoisotopic (exact) mass is 144 g/mol. The second-order valence-corrected chi connectivity index (χ2v) is 1.94. The van der Waals surface area contributed by atoms with E-state index in [9.17, 15) is 4.79 Å². The average molecular weight is 144 g/mol. The summed E-state index contributed by atoms with van der Waals surface area (Å²) in [6.07, 6.45) is 3.16. The highest BCUT2D eigenvalue weighted by molar-refractivity contribution is 5.87. The van der Waals surface area contributed by atoms with E-state index >= 15 is 0 Å². The van der Waals surface area contributed by atoms with E-state index in [2.05, 4.69) is 4.89 Å². The molecule has 0 aromatic carbocycles. The maximum Gasteiger partial charge on any atom is 0.368 e. The average Bonchev–Trinajstić information content (AvgIpc) is 1.99. The van der Waals surface area contributed by atoms with E-state index in [4.69, 9.17) is 5.26 Å². The van der Waals surface area contributed by atoms with Crippen molar-refractivity contribution in [3.63, 3.8) is 0 Å². The van der Waals surface area contributed by atoms with Crippen molar-refractivity contribution >= 4 is 5.97 Å². The van der Waals surface area contributed by atoms with Gasteiger partial charge in [0.05, 0.1) is 0 Å². The van der Waals surface area contributed by atoms with Gasteiger partial charge in [-0.15, -0.1) is 0 Å². The predicted octanol–water partition coefficient (Wildman–Crippen LogP) is 1.75. The second kappa shape index (κ2) is 4.99. The van der Waals surface area contributed by atoms with Crippen molar-refractivity contribution in [2.24, 2.45) is 0 Å². The number of carbonyl (C=O) groups excluding carboxylic acids is 1. The van der Waals surface area contributed by atoms with Gasteiger partial charge in [0.15, 0.2) is 0 Å². The van der Waals surface area contributed by atoms with Gasteiger partial charge in [-0.3, -0.25) is 4.89 Å². The molecule has 3 heteroatoms. The van der Waals surface area contributed by atoms with Gasteiger partial charge in [-0.2, -0.15) is 5.26 Å². The minimum atomic E-state index is -0.649. The molecule has 0 atom stereocenters. The maximum absolute atomic E-state index is 10.6. The lowest BCUT2D eigenvalue weighted by molar-refractivity contribution is -0.229. The van der Waals surface area contributed by atoms with E-state index in [1.807, 2.05) is 6.92 Å². The van der Waals surface area contributed by atoms with E-state index < -0.39 is 5.97 Å². The SMILES string of the molecule is CC=C(CCC)C(=O)OO. The molecule has 0 aliphatic rings. The van der Waals surface area contributed by atoms with Gasteiger partial charge in [-0.05, 0) is 13.3 Å². The molecule has 0 rings (SSSR count). The van der Waals surface area contributed by atoms with E-state index in [0.29, 0.717) is 12.0 Å². The molecule has 0 saturated heterocycles. The number of allylic oxidation sites excluding steroid dienone is 1. The van der Waals surface area contributed by atoms with Crippen LogP contribution in [0.5, 0.6) is 0 Å². The highest BCUT2D eigenvalue weighted by Crippen LogP contribution is 2.05. The van der Waals surface area contributed by atoms with Crippen molar-refractivity contribution in [3.05, 3.63) is 11.6 Å². The Hall–Kier alpha value is -0.830. The van der Waals surface area contributed by atoms with Crippen molar-refractivity contribution in [3.8, 4) is 0 Å². The molecule has 0 spiro atoms. The molecule has 0 aromatic heterocycles. The van der Waals surface area contributed by atoms with Crippen LogP contribution in [-0.2, 0) is 9.68 Å². The molecule has 58 valence electrons. The smallest absolute Gasteiger partial charge is 0.296 e. The van der Waals surface area contributed by atoms with Crippen molar-refractivity contribution in [1.82, 2.24) is 0 Å². The van der Waals surface area contributed by atoms with Crippen LogP contribution >= 0.6 is 0 Å². The first-order valence-electron chi connectivity index (χ1n) is 3.27. The third-order valence-electron chi connectivity index (χ3n) is 1.21. The van der Waals surface area contributed by atoms with Crippen LogP contribution in [0.15, 0.2) is 11.6 Å². The molecule has 0 amide bonds. The van der Waals surface area contributed by atoms with Crippen LogP contribution in [0, 0.1) is 0 Å². The fourth-order valence-electron chi connectivity index (χ4n) is 0.692. The first-order chi connectivity index (χ1) is 4.76. The van der Waals surface area contributed by atoms with Gasteiger partial charge in [-0.1, -0.05) is 19.4 Å². The number of hydrogen-bond donors (Lipinski definition) is 1. The van der Waals surface area contributed by atoms with E-state index in [-0.39, 0.29) is 0 Å². The lowest BCUT2D eigenvalue weighted by Gasteiger charge is -1.98. The summed E-state index contributed by atoms with van der Waals surface area (Å²) in [5.41, 5.74) is 0.519. The Morgan fingerprint density at radius 2 is 2.30 bits per heavy atom. The predicted molar refractivity (Wildman–Crippen MR) is 37.4 cm³/mol. The third-order valence-corrected chi connectivity index (χ3v) is 1.21. The molecule has 1 N–H and O–H groups in total. The van der Waals surface area contributed by atoms with Crippen LogP contribution in [0.2, 0.25) is 0 Å². The maximum atomic E-state index is 10.6. The van der Waals surface area contributed by atoms with Crippen molar-refractivity contribution < 1.29 is 14.9 Å². The zero-order valence-corrected chi connectivity index (χ0v) is 6.26. The van der Waals surface area contributed by atoms with Crippen LogP contribution in [0.3, 0.4) is 0 Å². The standard InChI is InChI=1S/C7H12O3/c1-3-5-6(4-2)7(8)10-9/h4,9H,3,5H2,1-2H3. The van der Waals surface area contributed by atoms with Crippen molar-refractivity contribution in [2.45, 2.75) is 26.7 Å². The summed E-state index contributed by atoms with van der Waals surface area (Å²) >= 11 is 0. The largest absolute Gasteiger partial charge is 0.368 e. The first-order valence-corrected chi connectivity index (χ1v) is 3.27. The summed E-state index contributed by atoms with van der Waals surface area (Å²) in [5, 5.41) is 7.97. The van der Waals surface area contributed by atoms with Gasteiger partial charge in [-0.25, -0.2) is 4.79 Å². The van der Waals surface area contributed by atoms with Gasteiger partial charge in [0.2, 0.25) is 0 Å². The molecule has 0 bridgehead atoms. The summed E-state index contributed by atoms with van der Waals surface area (Å²) in [7, 11) is 0. The van der Waals surface area contributed by atoms with Gasteiger partial charge < -0.3 is 0 Å². The molecular formula is C7H12O3. The Kier molecular flexibility index (Phi) is 4.58. The summed E-state index contributed by atoms with van der Waals surface area (Å²) in [6.45, 7) is 3.69. The van der Waals surface area contributed by atoms with Crippen LogP contribution in [0.1, 0.15) is 26.7 Å². The van der Waals surface area contributed by atoms with Crippen LogP contribution in [-0.4, -0.2) is 11.2 Å². The molecule has 0 unspecified atom stereocenters. The van der Waals surface area contributed by atoms with E-state index in [1.165, 1.54) is 0 Å². The molecule has 0 radical (unpaired) electrons. The minimum absolute atomic E-state index is 0.519. The van der Waals surface area contributed by atoms with E-state index in [0.717, 1.165) is 6.42 Å². The summed E-state index contributed by atoms with van der Waals surface area (Å²) in [5.74, 6) is -0.649. The fourth-order valence-corrected chi connectivity index (χ4v) is 0.692. The lowest BCUT2D eigenvalue weighted by atomic mass is 10.1. The summed E-state index contributed by atoms with van der Waals surface area (Å²) < 4.78 is 0. The Balaban J connectivity index is 3.95. The van der Waals surface area contributed by atoms with Gasteiger partial charge in [0.1, 0.15) is 0 Å². The molecular weight excluding hydrogens is 132 g/mol. The zero-order valence-electron chi connectivity index (χ0n) is 6.26. The second-order valence-electron chi connectivity index (χ2n) is 1.94. The Labute approximate surface area is 60.2 Å². The molecule has 10 heavy (non-hydrogen) atoms. The topological polar surface area (TPSA) is 46.5 Å². The minimum Gasteiger partial charge on any atom is -0.296 e. The fraction of sp³-hybridized carbons (Fsp3) is 0.571. The Morgan fingerprint density at radius 1 is 1.70 bits per heavy atom. The lowest BCUT2D eigenvalue weighted by Crippen LogP contribution is -2.04. The number of hydrogen-bond acceptors (Lipinski definition) is 3. The number of rotatable bonds is 3. The van der Waals surface area contributed by atoms with Crippen LogP contribution in [0.4, 0.5) is 0 Å². The third kappa shape index (κ3) is 2.64. The molecule has 0 aromatic rings. The Bertz CT molecular complexity index is 138. The molecule has 0 aliphatic heterocycles. The first kappa shape index (κ1) is 9.17. The summed E-state index contributed by atoms with van der Waals surface area (Å²) in [4.78, 5) is 14.1. The van der Waals surface area contributed by atoms with Gasteiger partial charge in [0.25, 0.3) is 0 Å².